The predicted octanol–water partition coefficient (Wildman–Crippen LogP) is 1.86. The van der Waals surface area contributed by atoms with Crippen LogP contribution < -0.4 is 5.32 Å². The fourth-order valence-corrected chi connectivity index (χ4v) is 4.14. The van der Waals surface area contributed by atoms with E-state index < -0.39 is 0 Å². The van der Waals surface area contributed by atoms with E-state index in [2.05, 4.69) is 10.4 Å². The lowest BCUT2D eigenvalue weighted by molar-refractivity contribution is -0.133. The molecule has 0 bridgehead atoms. The van der Waals surface area contributed by atoms with Crippen LogP contribution in [0.3, 0.4) is 0 Å². The smallest absolute Gasteiger partial charge is 0.244 e. The molecule has 2 saturated heterocycles. The molecule has 0 unspecified atom stereocenters. The summed E-state index contributed by atoms with van der Waals surface area (Å²) in [6.45, 7) is 3.55. The van der Waals surface area contributed by atoms with Gasteiger partial charge in [0.15, 0.2) is 0 Å². The number of hydrogen-bond acceptors (Lipinski definition) is 3. The highest BCUT2D eigenvalue weighted by Gasteiger charge is 2.46. The van der Waals surface area contributed by atoms with Gasteiger partial charge >= 0.3 is 0 Å². The van der Waals surface area contributed by atoms with E-state index in [0.29, 0.717) is 13.1 Å². The first-order valence-corrected chi connectivity index (χ1v) is 9.19. The number of piperidine rings is 1. The Morgan fingerprint density at radius 2 is 1.96 bits per heavy atom. The van der Waals surface area contributed by atoms with Crippen LogP contribution in [0.2, 0.25) is 0 Å². The maximum absolute atomic E-state index is 12.5. The van der Waals surface area contributed by atoms with Crippen LogP contribution in [-0.2, 0) is 16.1 Å². The van der Waals surface area contributed by atoms with Crippen molar-refractivity contribution >= 4 is 11.8 Å². The number of benzene rings is 1. The predicted molar refractivity (Wildman–Crippen MR) is 97.5 cm³/mol. The number of aromatic nitrogens is 2. The van der Waals surface area contributed by atoms with Crippen molar-refractivity contribution < 1.29 is 9.59 Å². The van der Waals surface area contributed by atoms with E-state index in [1.807, 2.05) is 54.4 Å². The number of likely N-dealkylation sites (tertiary alicyclic amines) is 1. The van der Waals surface area contributed by atoms with Gasteiger partial charge in [-0.25, -0.2) is 0 Å². The van der Waals surface area contributed by atoms with Crippen molar-refractivity contribution in [2.45, 2.75) is 44.2 Å². The molecule has 4 rings (SSSR count). The molecule has 1 atom stereocenters. The van der Waals surface area contributed by atoms with Crippen LogP contribution in [0.4, 0.5) is 0 Å². The number of rotatable bonds is 3. The zero-order chi connectivity index (χ0) is 18.1. The molecule has 6 nitrogen and oxygen atoms in total. The second-order valence-electron chi connectivity index (χ2n) is 7.47. The quantitative estimate of drug-likeness (QED) is 0.917. The lowest BCUT2D eigenvalue weighted by Gasteiger charge is -2.39. The lowest BCUT2D eigenvalue weighted by atomic mass is 9.82. The van der Waals surface area contributed by atoms with Gasteiger partial charge in [-0.3, -0.25) is 14.3 Å². The molecule has 26 heavy (non-hydrogen) atoms. The summed E-state index contributed by atoms with van der Waals surface area (Å²) in [6, 6.07) is 11.9. The summed E-state index contributed by atoms with van der Waals surface area (Å²) < 4.78 is 1.69. The molecule has 2 amide bonds. The second kappa shape index (κ2) is 6.59. The fourth-order valence-electron chi connectivity index (χ4n) is 4.14. The highest BCUT2D eigenvalue weighted by Crippen LogP contribution is 2.39. The largest absolute Gasteiger partial charge is 0.350 e. The molecular weight excluding hydrogens is 328 g/mol. The molecule has 0 radical (unpaired) electrons. The molecular formula is C20H24N4O2. The first-order valence-electron chi connectivity index (χ1n) is 9.19. The third kappa shape index (κ3) is 3.23. The first-order chi connectivity index (χ1) is 12.5. The van der Waals surface area contributed by atoms with E-state index in [9.17, 15) is 9.59 Å². The first kappa shape index (κ1) is 16.8. The van der Waals surface area contributed by atoms with E-state index in [1.54, 1.807) is 4.68 Å². The minimum absolute atomic E-state index is 0.0782. The zero-order valence-corrected chi connectivity index (χ0v) is 15.0. The topological polar surface area (TPSA) is 67.2 Å². The number of amides is 2. The van der Waals surface area contributed by atoms with Crippen molar-refractivity contribution in [2.24, 2.45) is 0 Å². The Kier molecular flexibility index (Phi) is 4.26. The third-order valence-electron chi connectivity index (χ3n) is 5.65. The molecule has 1 aromatic heterocycles. The second-order valence-corrected chi connectivity index (χ2v) is 7.47. The van der Waals surface area contributed by atoms with Gasteiger partial charge in [-0.2, -0.15) is 5.10 Å². The summed E-state index contributed by atoms with van der Waals surface area (Å²) in [6.07, 6.45) is 4.27. The van der Waals surface area contributed by atoms with Gasteiger partial charge in [0.05, 0.1) is 11.6 Å². The Morgan fingerprint density at radius 3 is 2.62 bits per heavy atom. The molecule has 3 heterocycles. The van der Waals surface area contributed by atoms with Gasteiger partial charge in [-0.1, -0.05) is 30.3 Å². The number of aryl methyl sites for hydroxylation is 1. The highest BCUT2D eigenvalue weighted by molar-refractivity contribution is 5.87. The van der Waals surface area contributed by atoms with Crippen LogP contribution in [-0.4, -0.2) is 45.1 Å². The molecule has 2 aromatic rings. The normalized spacial score (nSPS) is 21.8. The monoisotopic (exact) mass is 352 g/mol. The summed E-state index contributed by atoms with van der Waals surface area (Å²) in [7, 11) is 0. The van der Waals surface area contributed by atoms with Crippen molar-refractivity contribution in [1.82, 2.24) is 20.0 Å². The molecule has 6 heteroatoms. The lowest BCUT2D eigenvalue weighted by Crippen LogP contribution is -2.52. The van der Waals surface area contributed by atoms with Crippen LogP contribution in [0.15, 0.2) is 42.6 Å². The maximum Gasteiger partial charge on any atom is 0.244 e. The Bertz CT molecular complexity index is 806. The van der Waals surface area contributed by atoms with Crippen molar-refractivity contribution in [3.8, 4) is 0 Å². The summed E-state index contributed by atoms with van der Waals surface area (Å²) in [5.74, 6) is 0.125. The Hall–Kier alpha value is -2.63. The van der Waals surface area contributed by atoms with Gasteiger partial charge in [0.2, 0.25) is 11.8 Å². The van der Waals surface area contributed by atoms with Crippen molar-refractivity contribution in [3.63, 3.8) is 0 Å². The van der Waals surface area contributed by atoms with Crippen LogP contribution >= 0.6 is 0 Å². The van der Waals surface area contributed by atoms with Crippen molar-refractivity contribution in [1.29, 1.82) is 0 Å². The molecule has 2 fully saturated rings. The highest BCUT2D eigenvalue weighted by atomic mass is 16.2. The van der Waals surface area contributed by atoms with Gasteiger partial charge in [-0.05, 0) is 37.8 Å². The van der Waals surface area contributed by atoms with E-state index in [4.69, 9.17) is 0 Å². The Morgan fingerprint density at radius 1 is 1.23 bits per heavy atom. The minimum Gasteiger partial charge on any atom is -0.350 e. The van der Waals surface area contributed by atoms with E-state index in [-0.39, 0.29) is 29.8 Å². The van der Waals surface area contributed by atoms with Crippen LogP contribution in [0, 0.1) is 6.92 Å². The summed E-state index contributed by atoms with van der Waals surface area (Å²) in [4.78, 5) is 26.9. The standard InChI is InChI=1S/C20H24N4O2/c1-15-7-10-24(22-15)14-18(25)23-11-8-20(9-12-23)13-17(19(26)21-20)16-5-3-2-4-6-16/h2-7,10,17H,8-9,11-14H2,1H3,(H,21,26)/t17-/m1/s1. The summed E-state index contributed by atoms with van der Waals surface area (Å²) in [5.41, 5.74) is 1.82. The fraction of sp³-hybridized carbons (Fsp3) is 0.450. The van der Waals surface area contributed by atoms with Gasteiger partial charge in [-0.15, -0.1) is 0 Å². The van der Waals surface area contributed by atoms with Crippen LogP contribution in [0.5, 0.6) is 0 Å². The number of carbonyl (C=O) groups is 2. The van der Waals surface area contributed by atoms with Crippen LogP contribution in [0.25, 0.3) is 0 Å². The van der Waals surface area contributed by atoms with Gasteiger partial charge in [0.25, 0.3) is 0 Å². The van der Waals surface area contributed by atoms with E-state index in [1.165, 1.54) is 0 Å². The van der Waals surface area contributed by atoms with Gasteiger partial charge in [0.1, 0.15) is 6.54 Å². The molecule has 0 saturated carbocycles. The van der Waals surface area contributed by atoms with Gasteiger partial charge in [0, 0.05) is 24.8 Å². The molecule has 2 aliphatic heterocycles. The number of nitrogens with one attached hydrogen (secondary N) is 1. The zero-order valence-electron chi connectivity index (χ0n) is 15.0. The molecule has 1 spiro atoms. The molecule has 136 valence electrons. The molecule has 1 aromatic carbocycles. The van der Waals surface area contributed by atoms with Crippen molar-refractivity contribution in [3.05, 3.63) is 53.9 Å². The minimum atomic E-state index is -0.170. The molecule has 0 aliphatic carbocycles. The summed E-state index contributed by atoms with van der Waals surface area (Å²) >= 11 is 0. The number of carbonyl (C=O) groups excluding carboxylic acids is 2. The maximum atomic E-state index is 12.5. The summed E-state index contributed by atoms with van der Waals surface area (Å²) in [5, 5.41) is 7.52. The number of nitrogens with zero attached hydrogens (tertiary/aromatic N) is 3. The average molecular weight is 352 g/mol. The molecule has 2 aliphatic rings. The Balaban J connectivity index is 1.37. The number of hydrogen-bond donors (Lipinski definition) is 1. The Labute approximate surface area is 153 Å². The van der Waals surface area contributed by atoms with E-state index in [0.717, 1.165) is 30.5 Å². The van der Waals surface area contributed by atoms with Gasteiger partial charge < -0.3 is 10.2 Å². The average Bonchev–Trinajstić information content (AvgIpc) is 3.19. The SMILES string of the molecule is Cc1ccn(CC(=O)N2CCC3(CC2)C[C@H](c2ccccc2)C(=O)N3)n1. The van der Waals surface area contributed by atoms with Crippen molar-refractivity contribution in [2.75, 3.05) is 13.1 Å². The third-order valence-corrected chi connectivity index (χ3v) is 5.65. The molecule has 1 N–H and O–H groups in total. The van der Waals surface area contributed by atoms with E-state index >= 15 is 0 Å². The van der Waals surface area contributed by atoms with Crippen LogP contribution in [0.1, 0.15) is 36.4 Å².